The number of rotatable bonds is 5. The SMILES string of the molecule is Cc1cccc(-c2ncccc2CNC(=O)c2ccc(N(C)C)cc2)c1. The first-order valence-electron chi connectivity index (χ1n) is 8.61. The van der Waals surface area contributed by atoms with Crippen LogP contribution >= 0.6 is 0 Å². The Morgan fingerprint density at radius 2 is 1.81 bits per heavy atom. The van der Waals surface area contributed by atoms with Crippen molar-refractivity contribution < 1.29 is 4.79 Å². The molecule has 0 bridgehead atoms. The molecule has 1 amide bonds. The van der Waals surface area contributed by atoms with E-state index < -0.39 is 0 Å². The molecule has 0 aliphatic carbocycles. The van der Waals surface area contributed by atoms with Gasteiger partial charge in [0.2, 0.25) is 0 Å². The first kappa shape index (κ1) is 17.7. The molecule has 0 saturated heterocycles. The molecule has 4 heteroatoms. The van der Waals surface area contributed by atoms with E-state index in [2.05, 4.69) is 29.4 Å². The molecule has 4 nitrogen and oxygen atoms in total. The molecule has 26 heavy (non-hydrogen) atoms. The molecule has 0 spiro atoms. The number of nitrogens with one attached hydrogen (secondary N) is 1. The van der Waals surface area contributed by atoms with Gasteiger partial charge in [-0.2, -0.15) is 0 Å². The Bertz CT molecular complexity index is 901. The van der Waals surface area contributed by atoms with Gasteiger partial charge in [0.05, 0.1) is 5.69 Å². The molecule has 1 heterocycles. The number of aryl methyl sites for hydroxylation is 1. The molecular formula is C22H23N3O. The summed E-state index contributed by atoms with van der Waals surface area (Å²) < 4.78 is 0. The smallest absolute Gasteiger partial charge is 0.251 e. The number of hydrogen-bond donors (Lipinski definition) is 1. The third kappa shape index (κ3) is 4.09. The summed E-state index contributed by atoms with van der Waals surface area (Å²) in [7, 11) is 3.95. The largest absolute Gasteiger partial charge is 0.378 e. The van der Waals surface area contributed by atoms with E-state index in [-0.39, 0.29) is 5.91 Å². The molecule has 0 radical (unpaired) electrons. The van der Waals surface area contributed by atoms with Crippen LogP contribution in [-0.2, 0) is 6.54 Å². The van der Waals surface area contributed by atoms with E-state index in [1.807, 2.05) is 67.5 Å². The number of carbonyl (C=O) groups excluding carboxylic acids is 1. The van der Waals surface area contributed by atoms with Crippen molar-refractivity contribution in [2.75, 3.05) is 19.0 Å². The zero-order valence-electron chi connectivity index (χ0n) is 15.4. The van der Waals surface area contributed by atoms with Crippen molar-refractivity contribution in [2.24, 2.45) is 0 Å². The number of benzene rings is 2. The summed E-state index contributed by atoms with van der Waals surface area (Å²) in [5.74, 6) is -0.0886. The molecule has 3 aromatic rings. The van der Waals surface area contributed by atoms with Crippen molar-refractivity contribution in [3.8, 4) is 11.3 Å². The van der Waals surface area contributed by atoms with Crippen molar-refractivity contribution in [3.05, 3.63) is 83.6 Å². The van der Waals surface area contributed by atoms with Crippen LogP contribution in [0.2, 0.25) is 0 Å². The second kappa shape index (κ2) is 7.83. The molecule has 3 rings (SSSR count). The summed E-state index contributed by atoms with van der Waals surface area (Å²) in [6.45, 7) is 2.50. The number of hydrogen-bond acceptors (Lipinski definition) is 3. The average molecular weight is 345 g/mol. The van der Waals surface area contributed by atoms with Gasteiger partial charge in [-0.05, 0) is 48.9 Å². The highest BCUT2D eigenvalue weighted by molar-refractivity contribution is 5.94. The van der Waals surface area contributed by atoms with Gasteiger partial charge in [-0.15, -0.1) is 0 Å². The van der Waals surface area contributed by atoms with E-state index in [0.29, 0.717) is 12.1 Å². The second-order valence-electron chi connectivity index (χ2n) is 6.50. The maximum absolute atomic E-state index is 12.5. The number of aromatic nitrogens is 1. The van der Waals surface area contributed by atoms with E-state index in [0.717, 1.165) is 22.5 Å². The highest BCUT2D eigenvalue weighted by Crippen LogP contribution is 2.22. The molecule has 0 aliphatic heterocycles. The Balaban J connectivity index is 1.75. The summed E-state index contributed by atoms with van der Waals surface area (Å²) in [5.41, 5.74) is 5.86. The van der Waals surface area contributed by atoms with E-state index in [9.17, 15) is 4.79 Å². The van der Waals surface area contributed by atoms with Gasteiger partial charge in [0.15, 0.2) is 0 Å². The number of anilines is 1. The van der Waals surface area contributed by atoms with Crippen LogP contribution in [0.5, 0.6) is 0 Å². The highest BCUT2D eigenvalue weighted by Gasteiger charge is 2.10. The molecule has 0 fully saturated rings. The Hall–Kier alpha value is -3.14. The van der Waals surface area contributed by atoms with Gasteiger partial charge >= 0.3 is 0 Å². The van der Waals surface area contributed by atoms with E-state index in [4.69, 9.17) is 0 Å². The van der Waals surface area contributed by atoms with Gasteiger partial charge in [-0.1, -0.05) is 29.8 Å². The molecule has 132 valence electrons. The van der Waals surface area contributed by atoms with Crippen LogP contribution in [0.4, 0.5) is 5.69 Å². The highest BCUT2D eigenvalue weighted by atomic mass is 16.1. The summed E-state index contributed by atoms with van der Waals surface area (Å²) in [6.07, 6.45) is 1.78. The third-order valence-electron chi connectivity index (χ3n) is 4.27. The molecule has 0 aliphatic rings. The maximum atomic E-state index is 12.5. The molecule has 2 aromatic carbocycles. The lowest BCUT2D eigenvalue weighted by atomic mass is 10.0. The third-order valence-corrected chi connectivity index (χ3v) is 4.27. The standard InChI is InChI=1S/C22H23N3O/c1-16-6-4-7-18(14-16)21-19(8-5-13-23-21)15-24-22(26)17-9-11-20(12-10-17)25(2)3/h4-14H,15H2,1-3H3,(H,24,26). The van der Waals surface area contributed by atoms with Crippen molar-refractivity contribution >= 4 is 11.6 Å². The molecule has 0 saturated carbocycles. The number of pyridine rings is 1. The Labute approximate surface area is 154 Å². The van der Waals surface area contributed by atoms with Gasteiger partial charge in [0.1, 0.15) is 0 Å². The van der Waals surface area contributed by atoms with Gasteiger partial charge in [-0.25, -0.2) is 0 Å². The quantitative estimate of drug-likeness (QED) is 0.759. The summed E-state index contributed by atoms with van der Waals surface area (Å²) in [5, 5.41) is 3.00. The first-order chi connectivity index (χ1) is 12.5. The Morgan fingerprint density at radius 1 is 1.04 bits per heavy atom. The van der Waals surface area contributed by atoms with E-state index >= 15 is 0 Å². The van der Waals surface area contributed by atoms with Gasteiger partial charge in [0.25, 0.3) is 5.91 Å². The van der Waals surface area contributed by atoms with Crippen LogP contribution in [0.15, 0.2) is 66.9 Å². The number of carbonyl (C=O) groups is 1. The second-order valence-corrected chi connectivity index (χ2v) is 6.50. The number of nitrogens with zero attached hydrogens (tertiary/aromatic N) is 2. The Kier molecular flexibility index (Phi) is 5.32. The van der Waals surface area contributed by atoms with Crippen molar-refractivity contribution in [2.45, 2.75) is 13.5 Å². The fraction of sp³-hybridized carbons (Fsp3) is 0.182. The minimum atomic E-state index is -0.0886. The monoisotopic (exact) mass is 345 g/mol. The van der Waals surface area contributed by atoms with E-state index in [1.165, 1.54) is 5.56 Å². The summed E-state index contributed by atoms with van der Waals surface area (Å²) in [4.78, 5) is 19.0. The van der Waals surface area contributed by atoms with Gasteiger partial charge in [-0.3, -0.25) is 9.78 Å². The van der Waals surface area contributed by atoms with Crippen molar-refractivity contribution in [3.63, 3.8) is 0 Å². The average Bonchev–Trinajstić information content (AvgIpc) is 2.66. The molecule has 1 N–H and O–H groups in total. The van der Waals surface area contributed by atoms with Crippen LogP contribution in [0.25, 0.3) is 11.3 Å². The van der Waals surface area contributed by atoms with Crippen LogP contribution in [0, 0.1) is 6.92 Å². The predicted octanol–water partition coefficient (Wildman–Crippen LogP) is 4.05. The normalized spacial score (nSPS) is 10.4. The van der Waals surface area contributed by atoms with Gasteiger partial charge < -0.3 is 10.2 Å². The van der Waals surface area contributed by atoms with Crippen LogP contribution in [0.3, 0.4) is 0 Å². The summed E-state index contributed by atoms with van der Waals surface area (Å²) in [6, 6.07) is 19.7. The van der Waals surface area contributed by atoms with Crippen molar-refractivity contribution in [1.29, 1.82) is 0 Å². The van der Waals surface area contributed by atoms with Crippen molar-refractivity contribution in [1.82, 2.24) is 10.3 Å². The lowest BCUT2D eigenvalue weighted by Crippen LogP contribution is -2.23. The van der Waals surface area contributed by atoms with Gasteiger partial charge in [0, 0.05) is 43.7 Å². The lowest BCUT2D eigenvalue weighted by Gasteiger charge is -2.13. The molecule has 0 unspecified atom stereocenters. The Morgan fingerprint density at radius 3 is 2.50 bits per heavy atom. The van der Waals surface area contributed by atoms with Crippen LogP contribution in [0.1, 0.15) is 21.5 Å². The molecule has 1 aromatic heterocycles. The minimum Gasteiger partial charge on any atom is -0.378 e. The van der Waals surface area contributed by atoms with Crippen LogP contribution < -0.4 is 10.2 Å². The predicted molar refractivity (Wildman–Crippen MR) is 106 cm³/mol. The van der Waals surface area contributed by atoms with E-state index in [1.54, 1.807) is 6.20 Å². The fourth-order valence-corrected chi connectivity index (χ4v) is 2.82. The minimum absolute atomic E-state index is 0.0886. The fourth-order valence-electron chi connectivity index (χ4n) is 2.82. The summed E-state index contributed by atoms with van der Waals surface area (Å²) >= 11 is 0. The molecular weight excluding hydrogens is 322 g/mol. The first-order valence-corrected chi connectivity index (χ1v) is 8.61. The van der Waals surface area contributed by atoms with Crippen LogP contribution in [-0.4, -0.2) is 25.0 Å². The topological polar surface area (TPSA) is 45.2 Å². The molecule has 0 atom stereocenters. The zero-order valence-corrected chi connectivity index (χ0v) is 15.4. The lowest BCUT2D eigenvalue weighted by molar-refractivity contribution is 0.0951. The maximum Gasteiger partial charge on any atom is 0.251 e. The zero-order chi connectivity index (χ0) is 18.5. The number of amides is 1.